The van der Waals surface area contributed by atoms with Crippen LogP contribution in [-0.2, 0) is 18.9 Å². The molecule has 0 radical (unpaired) electrons. The number of nitrogens with one attached hydrogen (secondary N) is 1. The first-order valence-electron chi connectivity index (χ1n) is 9.61. The molecule has 0 unspecified atom stereocenters. The Hall–Kier alpha value is -2.94. The molecule has 156 valence electrons. The van der Waals surface area contributed by atoms with E-state index in [1.165, 1.54) is 7.11 Å². The lowest BCUT2D eigenvalue weighted by Gasteiger charge is -2.48. The molecule has 2 aromatic carbocycles. The Morgan fingerprint density at radius 2 is 1.83 bits per heavy atom. The molecule has 0 bridgehead atoms. The third-order valence-electron chi connectivity index (χ3n) is 5.19. The molecule has 9 nitrogen and oxygen atoms in total. The van der Waals surface area contributed by atoms with Gasteiger partial charge in [-0.25, -0.2) is 0 Å². The molecule has 1 N–H and O–H groups in total. The Labute approximate surface area is 173 Å². The minimum Gasteiger partial charge on any atom is -0.354 e. The van der Waals surface area contributed by atoms with E-state index in [9.17, 15) is 10.3 Å². The number of benzene rings is 2. The van der Waals surface area contributed by atoms with E-state index in [0.29, 0.717) is 5.56 Å². The number of hydrogen-bond acceptors (Lipinski definition) is 6. The quantitative estimate of drug-likeness (QED) is 0.462. The monoisotopic (exact) mass is 410 g/mol. The van der Waals surface area contributed by atoms with Crippen molar-refractivity contribution in [1.82, 2.24) is 5.32 Å². The first-order valence-corrected chi connectivity index (χ1v) is 9.61. The molecule has 2 aliphatic rings. The highest BCUT2D eigenvalue weighted by Crippen LogP contribution is 2.35. The summed E-state index contributed by atoms with van der Waals surface area (Å²) < 4.78 is 23.4. The van der Waals surface area contributed by atoms with Crippen LogP contribution >= 0.6 is 0 Å². The maximum absolute atomic E-state index is 12.7. The smallest absolute Gasteiger partial charge is 0.251 e. The minimum absolute atomic E-state index is 0.237. The summed E-state index contributed by atoms with van der Waals surface area (Å²) in [6.45, 7) is 0.237. The number of ether oxygens (including phenoxy) is 4. The maximum atomic E-state index is 12.7. The molecule has 30 heavy (non-hydrogen) atoms. The summed E-state index contributed by atoms with van der Waals surface area (Å²) in [7, 11) is 1.47. The van der Waals surface area contributed by atoms with Crippen LogP contribution in [0.15, 0.2) is 65.8 Å². The number of methoxy groups -OCH3 is 1. The van der Waals surface area contributed by atoms with Crippen molar-refractivity contribution >= 4 is 5.91 Å². The van der Waals surface area contributed by atoms with E-state index < -0.39 is 36.9 Å². The summed E-state index contributed by atoms with van der Waals surface area (Å²) >= 11 is 0. The van der Waals surface area contributed by atoms with Gasteiger partial charge >= 0.3 is 0 Å². The molecule has 2 aromatic rings. The fourth-order valence-corrected chi connectivity index (χ4v) is 3.75. The topological polar surface area (TPSA) is 115 Å². The molecule has 9 heteroatoms. The molecule has 2 aliphatic heterocycles. The highest BCUT2D eigenvalue weighted by atomic mass is 16.7. The molecule has 6 atom stereocenters. The summed E-state index contributed by atoms with van der Waals surface area (Å²) in [6.07, 6.45) is -2.57. The zero-order valence-corrected chi connectivity index (χ0v) is 16.3. The Morgan fingerprint density at radius 3 is 2.50 bits per heavy atom. The minimum atomic E-state index is -0.824. The van der Waals surface area contributed by atoms with Crippen molar-refractivity contribution < 1.29 is 23.7 Å². The molecule has 2 fully saturated rings. The van der Waals surface area contributed by atoms with Gasteiger partial charge in [0.15, 0.2) is 12.6 Å². The number of fused-ring (bicyclic) bond motifs is 1. The summed E-state index contributed by atoms with van der Waals surface area (Å²) in [5.41, 5.74) is 10.5. The number of carbonyl (C=O) groups excluding carboxylic acids is 1. The van der Waals surface area contributed by atoms with Gasteiger partial charge < -0.3 is 24.3 Å². The number of rotatable bonds is 5. The maximum Gasteiger partial charge on any atom is 0.251 e. The Kier molecular flexibility index (Phi) is 6.27. The average molecular weight is 410 g/mol. The molecule has 0 spiro atoms. The average Bonchev–Trinajstić information content (AvgIpc) is 2.81. The van der Waals surface area contributed by atoms with Gasteiger partial charge in [-0.15, -0.1) is 0 Å². The van der Waals surface area contributed by atoms with E-state index in [1.54, 1.807) is 24.3 Å². The number of hydrogen-bond donors (Lipinski definition) is 1. The fourth-order valence-electron chi connectivity index (χ4n) is 3.75. The van der Waals surface area contributed by atoms with Gasteiger partial charge in [-0.1, -0.05) is 53.6 Å². The van der Waals surface area contributed by atoms with Crippen LogP contribution in [0, 0.1) is 0 Å². The van der Waals surface area contributed by atoms with E-state index in [2.05, 4.69) is 15.3 Å². The van der Waals surface area contributed by atoms with Crippen molar-refractivity contribution in [3.63, 3.8) is 0 Å². The van der Waals surface area contributed by atoms with Crippen molar-refractivity contribution in [3.05, 3.63) is 82.2 Å². The third-order valence-corrected chi connectivity index (χ3v) is 5.19. The van der Waals surface area contributed by atoms with Crippen molar-refractivity contribution in [3.8, 4) is 0 Å². The molecule has 1 amide bonds. The van der Waals surface area contributed by atoms with Crippen LogP contribution in [0.3, 0.4) is 0 Å². The van der Waals surface area contributed by atoms with Gasteiger partial charge in [-0.05, 0) is 17.7 Å². The fraction of sp³-hybridized carbons (Fsp3) is 0.381. The zero-order chi connectivity index (χ0) is 20.9. The molecule has 4 rings (SSSR count). The predicted molar refractivity (Wildman–Crippen MR) is 106 cm³/mol. The molecular formula is C21H22N4O5. The number of carbonyl (C=O) groups is 1. The van der Waals surface area contributed by atoms with Gasteiger partial charge in [0.1, 0.15) is 12.2 Å². The predicted octanol–water partition coefficient (Wildman–Crippen LogP) is 2.95. The largest absolute Gasteiger partial charge is 0.354 e. The first kappa shape index (κ1) is 20.3. The molecule has 0 saturated carbocycles. The van der Waals surface area contributed by atoms with Gasteiger partial charge in [0, 0.05) is 23.1 Å². The third kappa shape index (κ3) is 4.16. The van der Waals surface area contributed by atoms with Crippen LogP contribution in [0.4, 0.5) is 0 Å². The van der Waals surface area contributed by atoms with E-state index in [0.717, 1.165) is 5.56 Å². The summed E-state index contributed by atoms with van der Waals surface area (Å²) in [6, 6.07) is 16.7. The number of azide groups is 1. The second kappa shape index (κ2) is 9.25. The van der Waals surface area contributed by atoms with Crippen molar-refractivity contribution in [1.29, 1.82) is 0 Å². The van der Waals surface area contributed by atoms with Crippen molar-refractivity contribution in [2.45, 2.75) is 36.9 Å². The van der Waals surface area contributed by atoms with E-state index in [1.807, 2.05) is 36.4 Å². The Bertz CT molecular complexity index is 906. The zero-order valence-electron chi connectivity index (χ0n) is 16.3. The summed E-state index contributed by atoms with van der Waals surface area (Å²) in [5.74, 6) is -0.325. The molecule has 0 aliphatic carbocycles. The van der Waals surface area contributed by atoms with Gasteiger partial charge in [-0.3, -0.25) is 4.79 Å². The van der Waals surface area contributed by atoms with E-state index in [-0.39, 0.29) is 12.5 Å². The lowest BCUT2D eigenvalue weighted by molar-refractivity contribution is -0.322. The van der Waals surface area contributed by atoms with Crippen LogP contribution in [-0.4, -0.2) is 50.2 Å². The van der Waals surface area contributed by atoms with E-state index in [4.69, 9.17) is 18.9 Å². The Balaban J connectivity index is 1.59. The summed E-state index contributed by atoms with van der Waals surface area (Å²) in [4.78, 5) is 15.7. The van der Waals surface area contributed by atoms with Gasteiger partial charge in [0.25, 0.3) is 5.91 Å². The lowest BCUT2D eigenvalue weighted by atomic mass is 9.93. The standard InChI is InChI=1S/C21H22N4O5/c1-27-21-17(23-19(26)13-8-4-2-5-9-13)16(24-25-22)18-15(29-21)12-28-20(30-18)14-10-6-3-7-11-14/h2-11,15-18,20-21H,12H2,1H3,(H,23,26)/t15-,16-,17+,18-,20+,21-/m1/s1. The Morgan fingerprint density at radius 1 is 1.13 bits per heavy atom. The van der Waals surface area contributed by atoms with Crippen LogP contribution in [0.5, 0.6) is 0 Å². The highest BCUT2D eigenvalue weighted by Gasteiger charge is 2.50. The molecule has 2 heterocycles. The van der Waals surface area contributed by atoms with Crippen LogP contribution < -0.4 is 5.32 Å². The normalized spacial score (nSPS) is 30.6. The SMILES string of the molecule is CO[C@@H]1O[C@@H]2CO[C@H](c3ccccc3)O[C@H]2[C@H](N=[N+]=[N-])[C@@H]1NC(=O)c1ccccc1. The lowest BCUT2D eigenvalue weighted by Crippen LogP contribution is -2.66. The van der Waals surface area contributed by atoms with Gasteiger partial charge in [-0.2, -0.15) is 0 Å². The van der Waals surface area contributed by atoms with Gasteiger partial charge in [0.05, 0.1) is 18.7 Å². The summed E-state index contributed by atoms with van der Waals surface area (Å²) in [5, 5.41) is 6.83. The van der Waals surface area contributed by atoms with Crippen molar-refractivity contribution in [2.75, 3.05) is 13.7 Å². The van der Waals surface area contributed by atoms with Crippen molar-refractivity contribution in [2.24, 2.45) is 5.11 Å². The van der Waals surface area contributed by atoms with E-state index >= 15 is 0 Å². The van der Waals surface area contributed by atoms with Crippen LogP contribution in [0.2, 0.25) is 0 Å². The molecule has 2 saturated heterocycles. The number of amides is 1. The van der Waals surface area contributed by atoms with Crippen LogP contribution in [0.1, 0.15) is 22.2 Å². The number of nitrogens with zero attached hydrogens (tertiary/aromatic N) is 3. The second-order valence-electron chi connectivity index (χ2n) is 7.02. The molecule has 0 aromatic heterocycles. The second-order valence-corrected chi connectivity index (χ2v) is 7.02. The van der Waals surface area contributed by atoms with Crippen LogP contribution in [0.25, 0.3) is 10.4 Å². The first-order chi connectivity index (χ1) is 14.7. The molecular weight excluding hydrogens is 388 g/mol. The highest BCUT2D eigenvalue weighted by molar-refractivity contribution is 5.94. The van der Waals surface area contributed by atoms with Gasteiger partial charge in [0.2, 0.25) is 0 Å².